The third kappa shape index (κ3) is 8.35. The molecule has 0 rings (SSSR count). The summed E-state index contributed by atoms with van der Waals surface area (Å²) in [5.41, 5.74) is 9.78. The Balaban J connectivity index is 0. The SMILES string of the molecule is CC(N)N.CC[Si](OC)(OC)OC. The van der Waals surface area contributed by atoms with Gasteiger partial charge in [-0.25, -0.2) is 0 Å². The summed E-state index contributed by atoms with van der Waals surface area (Å²) in [4.78, 5) is 0. The third-order valence-electron chi connectivity index (χ3n) is 1.37. The van der Waals surface area contributed by atoms with E-state index in [2.05, 4.69) is 0 Å². The Morgan fingerprint density at radius 1 is 1.08 bits per heavy atom. The van der Waals surface area contributed by atoms with Crippen LogP contribution in [-0.2, 0) is 13.3 Å². The number of rotatable bonds is 4. The molecular formula is C7H22N2O3Si. The molecule has 6 heteroatoms. The summed E-state index contributed by atoms with van der Waals surface area (Å²) >= 11 is 0. The van der Waals surface area contributed by atoms with Crippen molar-refractivity contribution in [2.45, 2.75) is 26.1 Å². The Labute approximate surface area is 81.7 Å². The molecule has 0 radical (unpaired) electrons. The molecular weight excluding hydrogens is 188 g/mol. The van der Waals surface area contributed by atoms with Crippen LogP contribution in [0.25, 0.3) is 0 Å². The Morgan fingerprint density at radius 3 is 1.31 bits per heavy atom. The second-order valence-corrected chi connectivity index (χ2v) is 5.81. The summed E-state index contributed by atoms with van der Waals surface area (Å²) in [6.45, 7) is 3.71. The standard InChI is InChI=1S/C5H14O3Si.C2H8N2/c1-5-9(6-2,7-3)8-4;1-2(3)4/h5H2,1-4H3;2H,3-4H2,1H3. The summed E-state index contributed by atoms with van der Waals surface area (Å²) in [5.74, 6) is 0. The van der Waals surface area contributed by atoms with Gasteiger partial charge in [-0.3, -0.25) is 0 Å². The highest BCUT2D eigenvalue weighted by molar-refractivity contribution is 6.60. The van der Waals surface area contributed by atoms with E-state index >= 15 is 0 Å². The molecule has 0 aliphatic rings. The topological polar surface area (TPSA) is 79.7 Å². The van der Waals surface area contributed by atoms with Crippen LogP contribution < -0.4 is 11.5 Å². The fraction of sp³-hybridized carbons (Fsp3) is 1.00. The minimum atomic E-state index is -2.19. The maximum absolute atomic E-state index is 5.08. The quantitative estimate of drug-likeness (QED) is 0.509. The van der Waals surface area contributed by atoms with Crippen LogP contribution in [0.4, 0.5) is 0 Å². The lowest BCUT2D eigenvalue weighted by Gasteiger charge is -2.22. The maximum atomic E-state index is 5.08. The molecule has 0 atom stereocenters. The molecule has 0 aliphatic heterocycles. The summed E-state index contributed by atoms with van der Waals surface area (Å²) < 4.78 is 15.2. The predicted octanol–water partition coefficient (Wildman–Crippen LogP) is 0.134. The van der Waals surface area contributed by atoms with Gasteiger partial charge >= 0.3 is 8.80 Å². The van der Waals surface area contributed by atoms with E-state index in [0.717, 1.165) is 6.04 Å². The third-order valence-corrected chi connectivity index (χ3v) is 4.10. The van der Waals surface area contributed by atoms with Crippen LogP contribution in [0.15, 0.2) is 0 Å². The molecule has 82 valence electrons. The Morgan fingerprint density at radius 2 is 1.31 bits per heavy atom. The monoisotopic (exact) mass is 210 g/mol. The van der Waals surface area contributed by atoms with E-state index in [-0.39, 0.29) is 6.17 Å². The van der Waals surface area contributed by atoms with E-state index in [1.807, 2.05) is 6.92 Å². The van der Waals surface area contributed by atoms with E-state index in [1.54, 1.807) is 28.3 Å². The van der Waals surface area contributed by atoms with Crippen molar-refractivity contribution in [1.29, 1.82) is 0 Å². The van der Waals surface area contributed by atoms with Gasteiger partial charge in [0.15, 0.2) is 0 Å². The van der Waals surface area contributed by atoms with Crippen molar-refractivity contribution in [2.24, 2.45) is 11.5 Å². The van der Waals surface area contributed by atoms with Gasteiger partial charge in [0.05, 0.1) is 0 Å². The molecule has 4 N–H and O–H groups in total. The first kappa shape index (κ1) is 15.5. The van der Waals surface area contributed by atoms with E-state index in [4.69, 9.17) is 24.7 Å². The Bertz CT molecular complexity index is 89.6. The summed E-state index contributed by atoms with van der Waals surface area (Å²) in [7, 11) is 2.65. The zero-order chi connectivity index (χ0) is 10.9. The molecule has 0 aromatic carbocycles. The molecule has 0 saturated carbocycles. The molecule has 0 amide bonds. The lowest BCUT2D eigenvalue weighted by atomic mass is 10.7. The lowest BCUT2D eigenvalue weighted by Crippen LogP contribution is -2.41. The van der Waals surface area contributed by atoms with Gasteiger partial charge in [-0.2, -0.15) is 0 Å². The fourth-order valence-electron chi connectivity index (χ4n) is 0.683. The largest absolute Gasteiger partial charge is 0.499 e. The minimum absolute atomic E-state index is 0.167. The van der Waals surface area contributed by atoms with Crippen molar-refractivity contribution >= 4 is 8.80 Å². The second kappa shape index (κ2) is 8.61. The first-order valence-corrected chi connectivity index (χ1v) is 6.07. The maximum Gasteiger partial charge on any atom is 0.499 e. The highest BCUT2D eigenvalue weighted by Crippen LogP contribution is 2.10. The molecule has 0 aliphatic carbocycles. The van der Waals surface area contributed by atoms with Crippen LogP contribution in [-0.4, -0.2) is 36.3 Å². The molecule has 0 spiro atoms. The van der Waals surface area contributed by atoms with Crippen molar-refractivity contribution in [1.82, 2.24) is 0 Å². The minimum Gasteiger partial charge on any atom is -0.377 e. The first-order chi connectivity index (χ1) is 5.97. The molecule has 0 aromatic heterocycles. The highest BCUT2D eigenvalue weighted by Gasteiger charge is 2.34. The molecule has 0 saturated heterocycles. The first-order valence-electron chi connectivity index (χ1n) is 4.14. The molecule has 0 aromatic rings. The van der Waals surface area contributed by atoms with Crippen LogP contribution in [0.3, 0.4) is 0 Å². The predicted molar refractivity (Wildman–Crippen MR) is 55.1 cm³/mol. The van der Waals surface area contributed by atoms with Gasteiger partial charge in [-0.1, -0.05) is 6.92 Å². The van der Waals surface area contributed by atoms with Gasteiger partial charge in [0, 0.05) is 33.5 Å². The van der Waals surface area contributed by atoms with Gasteiger partial charge in [0.1, 0.15) is 0 Å². The van der Waals surface area contributed by atoms with Gasteiger partial charge < -0.3 is 24.7 Å². The summed E-state index contributed by atoms with van der Waals surface area (Å²) in [5, 5.41) is 0. The van der Waals surface area contributed by atoms with Gasteiger partial charge in [0.2, 0.25) is 0 Å². The lowest BCUT2D eigenvalue weighted by molar-refractivity contribution is 0.125. The highest BCUT2D eigenvalue weighted by atomic mass is 28.4. The summed E-state index contributed by atoms with van der Waals surface area (Å²) in [6, 6.07) is 0.816. The normalized spacial score (nSPS) is 11.1. The van der Waals surface area contributed by atoms with Crippen LogP contribution in [0.5, 0.6) is 0 Å². The number of nitrogens with two attached hydrogens (primary N) is 2. The van der Waals surface area contributed by atoms with Crippen molar-refractivity contribution in [2.75, 3.05) is 21.3 Å². The average molecular weight is 210 g/mol. The van der Waals surface area contributed by atoms with Crippen LogP contribution in [0.2, 0.25) is 6.04 Å². The smallest absolute Gasteiger partial charge is 0.377 e. The van der Waals surface area contributed by atoms with Crippen molar-refractivity contribution in [3.8, 4) is 0 Å². The van der Waals surface area contributed by atoms with E-state index < -0.39 is 8.80 Å². The molecule has 0 fully saturated rings. The van der Waals surface area contributed by atoms with E-state index in [9.17, 15) is 0 Å². The summed E-state index contributed by atoms with van der Waals surface area (Å²) in [6.07, 6.45) is -0.167. The Hall–Kier alpha value is 0.0169. The molecule has 0 bridgehead atoms. The van der Waals surface area contributed by atoms with Crippen molar-refractivity contribution < 1.29 is 13.3 Å². The van der Waals surface area contributed by atoms with Crippen molar-refractivity contribution in [3.05, 3.63) is 0 Å². The molecule has 13 heavy (non-hydrogen) atoms. The van der Waals surface area contributed by atoms with E-state index in [0.29, 0.717) is 0 Å². The molecule has 0 unspecified atom stereocenters. The van der Waals surface area contributed by atoms with Crippen LogP contribution >= 0.6 is 0 Å². The number of hydrogen-bond donors (Lipinski definition) is 2. The Kier molecular flexibility index (Phi) is 10.3. The van der Waals surface area contributed by atoms with E-state index in [1.165, 1.54) is 0 Å². The van der Waals surface area contributed by atoms with Crippen LogP contribution in [0, 0.1) is 0 Å². The number of hydrogen-bond acceptors (Lipinski definition) is 5. The van der Waals surface area contributed by atoms with Crippen LogP contribution in [0.1, 0.15) is 13.8 Å². The molecule has 0 heterocycles. The fourth-order valence-corrected chi connectivity index (χ4v) is 2.05. The zero-order valence-electron chi connectivity index (χ0n) is 9.16. The molecule has 5 nitrogen and oxygen atoms in total. The zero-order valence-corrected chi connectivity index (χ0v) is 10.2. The average Bonchev–Trinajstić information content (AvgIpc) is 2.09. The van der Waals surface area contributed by atoms with Crippen molar-refractivity contribution in [3.63, 3.8) is 0 Å². The van der Waals surface area contributed by atoms with Gasteiger partial charge in [0.25, 0.3) is 0 Å². The van der Waals surface area contributed by atoms with Gasteiger partial charge in [-0.05, 0) is 6.92 Å². The van der Waals surface area contributed by atoms with Gasteiger partial charge in [-0.15, -0.1) is 0 Å². The second-order valence-electron chi connectivity index (χ2n) is 2.51.